The van der Waals surface area contributed by atoms with Crippen LogP contribution in [0.25, 0.3) is 0 Å². The number of aryl methyl sites for hydroxylation is 1. The number of ether oxygens (including phenoxy) is 3. The van der Waals surface area contributed by atoms with Crippen molar-refractivity contribution in [1.82, 2.24) is 5.16 Å². The van der Waals surface area contributed by atoms with Crippen LogP contribution in [0.4, 0.5) is 11.6 Å². The minimum absolute atomic E-state index is 0.0118. The summed E-state index contributed by atoms with van der Waals surface area (Å²) in [5.74, 6) is -0.299. The Bertz CT molecular complexity index is 781. The second-order valence-electron chi connectivity index (χ2n) is 5.11. The van der Waals surface area contributed by atoms with Crippen LogP contribution in [0.2, 0.25) is 0 Å². The van der Waals surface area contributed by atoms with Gasteiger partial charge in [0.15, 0.2) is 17.6 Å². The maximum absolute atomic E-state index is 12.2. The Kier molecular flexibility index (Phi) is 3.98. The van der Waals surface area contributed by atoms with E-state index in [0.717, 1.165) is 0 Å². The monoisotopic (exact) mass is 333 g/mol. The van der Waals surface area contributed by atoms with Crippen LogP contribution in [0.5, 0.6) is 11.5 Å². The molecule has 0 fully saturated rings. The van der Waals surface area contributed by atoms with Gasteiger partial charge < -0.3 is 29.8 Å². The molecule has 24 heavy (non-hydrogen) atoms. The van der Waals surface area contributed by atoms with Gasteiger partial charge in [-0.05, 0) is 26.0 Å². The summed E-state index contributed by atoms with van der Waals surface area (Å²) in [5.41, 5.74) is 6.31. The summed E-state index contributed by atoms with van der Waals surface area (Å²) in [6.07, 6.45) is -1.04. The van der Waals surface area contributed by atoms with Crippen molar-refractivity contribution in [1.29, 1.82) is 0 Å². The van der Waals surface area contributed by atoms with Crippen LogP contribution >= 0.6 is 0 Å². The lowest BCUT2D eigenvalue weighted by Gasteiger charge is -2.13. The second kappa shape index (κ2) is 6.11. The van der Waals surface area contributed by atoms with E-state index in [2.05, 4.69) is 10.5 Å². The highest BCUT2D eigenvalue weighted by molar-refractivity contribution is 5.99. The highest BCUT2D eigenvalue weighted by atomic mass is 16.7. The molecule has 1 aromatic carbocycles. The first kappa shape index (κ1) is 15.7. The smallest absolute Gasteiger partial charge is 0.346 e. The lowest BCUT2D eigenvalue weighted by Crippen LogP contribution is -2.30. The predicted octanol–water partition coefficient (Wildman–Crippen LogP) is 1.48. The third-order valence-corrected chi connectivity index (χ3v) is 3.39. The van der Waals surface area contributed by atoms with Crippen LogP contribution < -0.4 is 20.5 Å². The first-order valence-electron chi connectivity index (χ1n) is 7.09. The lowest BCUT2D eigenvalue weighted by atomic mass is 10.2. The molecule has 2 heterocycles. The van der Waals surface area contributed by atoms with E-state index < -0.39 is 18.0 Å². The van der Waals surface area contributed by atoms with Crippen molar-refractivity contribution >= 4 is 23.4 Å². The third-order valence-electron chi connectivity index (χ3n) is 3.39. The Morgan fingerprint density at radius 1 is 1.33 bits per heavy atom. The fraction of sp³-hybridized carbons (Fsp3) is 0.267. The maximum Gasteiger partial charge on any atom is 0.346 e. The van der Waals surface area contributed by atoms with E-state index in [4.69, 9.17) is 24.5 Å². The number of aromatic nitrogens is 1. The summed E-state index contributed by atoms with van der Waals surface area (Å²) in [6.45, 7) is 3.13. The van der Waals surface area contributed by atoms with Crippen LogP contribution in [0.3, 0.4) is 0 Å². The molecule has 1 atom stereocenters. The zero-order valence-electron chi connectivity index (χ0n) is 13.0. The van der Waals surface area contributed by atoms with Crippen LogP contribution in [-0.4, -0.2) is 29.9 Å². The average molecular weight is 333 g/mol. The van der Waals surface area contributed by atoms with E-state index in [1.165, 1.54) is 6.92 Å². The number of nitrogens with one attached hydrogen (secondary N) is 1. The van der Waals surface area contributed by atoms with Crippen molar-refractivity contribution < 1.29 is 28.3 Å². The van der Waals surface area contributed by atoms with E-state index in [1.807, 2.05) is 0 Å². The molecule has 1 amide bonds. The van der Waals surface area contributed by atoms with Gasteiger partial charge in [-0.25, -0.2) is 4.79 Å². The number of benzene rings is 1. The van der Waals surface area contributed by atoms with E-state index in [9.17, 15) is 9.59 Å². The number of nitrogens with two attached hydrogens (primary N) is 1. The highest BCUT2D eigenvalue weighted by Gasteiger charge is 2.25. The summed E-state index contributed by atoms with van der Waals surface area (Å²) >= 11 is 0. The Balaban J connectivity index is 1.64. The highest BCUT2D eigenvalue weighted by Crippen LogP contribution is 2.34. The standard InChI is InChI=1S/C15H15N3O6/c1-7-12(13(16)24-18-7)15(20)23-8(2)14(19)17-9-3-4-10-11(5-9)22-6-21-10/h3-5,8H,6,16H2,1-2H3,(H,17,19)/t8-/m1/s1. The van der Waals surface area contributed by atoms with Crippen molar-refractivity contribution in [2.45, 2.75) is 20.0 Å². The normalized spacial score (nSPS) is 13.4. The maximum atomic E-state index is 12.2. The molecule has 0 radical (unpaired) electrons. The van der Waals surface area contributed by atoms with Crippen molar-refractivity contribution in [3.8, 4) is 11.5 Å². The van der Waals surface area contributed by atoms with Gasteiger partial charge in [-0.2, -0.15) is 0 Å². The van der Waals surface area contributed by atoms with Gasteiger partial charge in [0.1, 0.15) is 5.56 Å². The number of hydrogen-bond donors (Lipinski definition) is 2. The van der Waals surface area contributed by atoms with Gasteiger partial charge in [0.25, 0.3) is 5.91 Å². The van der Waals surface area contributed by atoms with Gasteiger partial charge in [0, 0.05) is 11.8 Å². The molecule has 3 rings (SSSR count). The molecule has 3 N–H and O–H groups in total. The molecule has 0 aliphatic carbocycles. The van der Waals surface area contributed by atoms with Crippen molar-refractivity contribution in [3.63, 3.8) is 0 Å². The zero-order valence-corrected chi connectivity index (χ0v) is 13.0. The van der Waals surface area contributed by atoms with Crippen molar-refractivity contribution in [3.05, 3.63) is 29.5 Å². The van der Waals surface area contributed by atoms with Gasteiger partial charge in [0.05, 0.1) is 5.69 Å². The molecule has 0 bridgehead atoms. The molecule has 0 unspecified atom stereocenters. The molecule has 1 aromatic heterocycles. The van der Waals surface area contributed by atoms with E-state index in [1.54, 1.807) is 25.1 Å². The summed E-state index contributed by atoms with van der Waals surface area (Å²) < 4.78 is 20.2. The van der Waals surface area contributed by atoms with Gasteiger partial charge in [-0.1, -0.05) is 5.16 Å². The molecular formula is C15H15N3O6. The number of carbonyl (C=O) groups excluding carboxylic acids is 2. The molecule has 126 valence electrons. The zero-order chi connectivity index (χ0) is 17.3. The summed E-state index contributed by atoms with van der Waals surface area (Å²) in [4.78, 5) is 24.2. The van der Waals surface area contributed by atoms with Gasteiger partial charge in [-0.15, -0.1) is 0 Å². The molecule has 9 heteroatoms. The second-order valence-corrected chi connectivity index (χ2v) is 5.11. The van der Waals surface area contributed by atoms with Crippen LogP contribution in [0.15, 0.2) is 22.7 Å². The molecule has 0 saturated carbocycles. The van der Waals surface area contributed by atoms with E-state index >= 15 is 0 Å². The number of nitrogen functional groups attached to an aromatic ring is 1. The summed E-state index contributed by atoms with van der Waals surface area (Å²) in [5, 5.41) is 6.19. The van der Waals surface area contributed by atoms with E-state index in [0.29, 0.717) is 22.9 Å². The number of amides is 1. The minimum atomic E-state index is -1.04. The molecule has 9 nitrogen and oxygen atoms in total. The average Bonchev–Trinajstić information content (AvgIpc) is 3.13. The molecule has 1 aliphatic rings. The number of carbonyl (C=O) groups is 2. The van der Waals surface area contributed by atoms with E-state index in [-0.39, 0.29) is 18.2 Å². The number of anilines is 2. The quantitative estimate of drug-likeness (QED) is 0.806. The summed E-state index contributed by atoms with van der Waals surface area (Å²) in [7, 11) is 0. The third kappa shape index (κ3) is 2.96. The first-order chi connectivity index (χ1) is 11.5. The first-order valence-corrected chi connectivity index (χ1v) is 7.09. The molecule has 2 aromatic rings. The topological polar surface area (TPSA) is 126 Å². The van der Waals surface area contributed by atoms with Crippen LogP contribution in [-0.2, 0) is 9.53 Å². The van der Waals surface area contributed by atoms with Gasteiger partial charge >= 0.3 is 5.97 Å². The van der Waals surface area contributed by atoms with Crippen LogP contribution in [0, 0.1) is 6.92 Å². The van der Waals surface area contributed by atoms with Crippen LogP contribution in [0.1, 0.15) is 23.0 Å². The Morgan fingerprint density at radius 2 is 2.08 bits per heavy atom. The molecule has 1 aliphatic heterocycles. The predicted molar refractivity (Wildman–Crippen MR) is 81.7 cm³/mol. The lowest BCUT2D eigenvalue weighted by molar-refractivity contribution is -0.123. The van der Waals surface area contributed by atoms with Crippen molar-refractivity contribution in [2.75, 3.05) is 17.8 Å². The fourth-order valence-electron chi connectivity index (χ4n) is 2.13. The minimum Gasteiger partial charge on any atom is -0.454 e. The Hall–Kier alpha value is -3.23. The molecular weight excluding hydrogens is 318 g/mol. The number of fused-ring (bicyclic) bond motifs is 1. The number of hydrogen-bond acceptors (Lipinski definition) is 8. The molecule has 0 saturated heterocycles. The fourth-order valence-corrected chi connectivity index (χ4v) is 2.13. The van der Waals surface area contributed by atoms with Gasteiger partial charge in [-0.3, -0.25) is 4.79 Å². The van der Waals surface area contributed by atoms with Crippen molar-refractivity contribution in [2.24, 2.45) is 0 Å². The number of nitrogens with zero attached hydrogens (tertiary/aromatic N) is 1. The molecule has 0 spiro atoms. The Labute approximate surface area is 136 Å². The number of rotatable bonds is 4. The SMILES string of the molecule is Cc1noc(N)c1C(=O)O[C@H](C)C(=O)Nc1ccc2c(c1)OCO2. The summed E-state index contributed by atoms with van der Waals surface area (Å²) in [6, 6.07) is 4.95. The number of esters is 1. The Morgan fingerprint density at radius 3 is 2.79 bits per heavy atom. The largest absolute Gasteiger partial charge is 0.454 e. The van der Waals surface area contributed by atoms with Gasteiger partial charge in [0.2, 0.25) is 12.7 Å².